The number of nitrogens with one attached hydrogen (secondary N) is 1. The minimum atomic E-state index is -0.465. The molecule has 146 valence electrons. The van der Waals surface area contributed by atoms with Gasteiger partial charge < -0.3 is 15.0 Å². The number of nitrogens with zero attached hydrogens (tertiary/aromatic N) is 2. The Labute approximate surface area is 167 Å². The number of aromatic nitrogens is 1. The van der Waals surface area contributed by atoms with Crippen molar-refractivity contribution in [3.63, 3.8) is 0 Å². The van der Waals surface area contributed by atoms with Crippen molar-refractivity contribution in [1.29, 1.82) is 0 Å². The van der Waals surface area contributed by atoms with Gasteiger partial charge in [-0.15, -0.1) is 0 Å². The lowest BCUT2D eigenvalue weighted by atomic mass is 10.2. The number of carbonyl (C=O) groups is 3. The summed E-state index contributed by atoms with van der Waals surface area (Å²) in [5.74, 6) is -1.25. The van der Waals surface area contributed by atoms with Crippen LogP contribution in [-0.2, 0) is 4.74 Å². The summed E-state index contributed by atoms with van der Waals surface area (Å²) >= 11 is 0. The lowest BCUT2D eigenvalue weighted by molar-refractivity contribution is 0.0600. The van der Waals surface area contributed by atoms with Gasteiger partial charge in [0.15, 0.2) is 0 Å². The van der Waals surface area contributed by atoms with E-state index < -0.39 is 11.9 Å². The van der Waals surface area contributed by atoms with E-state index in [1.165, 1.54) is 18.1 Å². The molecule has 0 fully saturated rings. The van der Waals surface area contributed by atoms with Gasteiger partial charge in [-0.3, -0.25) is 9.59 Å². The molecule has 2 amide bonds. The van der Waals surface area contributed by atoms with E-state index in [0.717, 1.165) is 5.69 Å². The first kappa shape index (κ1) is 19.8. The molecule has 29 heavy (non-hydrogen) atoms. The first-order valence-electron chi connectivity index (χ1n) is 8.79. The molecule has 1 N–H and O–H groups in total. The Balaban J connectivity index is 1.74. The third-order valence-corrected chi connectivity index (χ3v) is 4.21. The zero-order valence-corrected chi connectivity index (χ0v) is 16.0. The summed E-state index contributed by atoms with van der Waals surface area (Å²) in [5, 5.41) is 2.69. The van der Waals surface area contributed by atoms with E-state index in [4.69, 9.17) is 0 Å². The van der Waals surface area contributed by atoms with Gasteiger partial charge in [-0.25, -0.2) is 9.78 Å². The second-order valence-electron chi connectivity index (χ2n) is 6.13. The predicted octanol–water partition coefficient (Wildman–Crippen LogP) is 3.40. The number of pyridine rings is 1. The fourth-order valence-electron chi connectivity index (χ4n) is 2.62. The summed E-state index contributed by atoms with van der Waals surface area (Å²) in [4.78, 5) is 42.3. The monoisotopic (exact) mass is 389 g/mol. The molecule has 0 aliphatic carbocycles. The van der Waals surface area contributed by atoms with Crippen molar-refractivity contribution in [2.24, 2.45) is 0 Å². The Hall–Kier alpha value is -4.00. The number of para-hydroxylation sites is 1. The molecular formula is C22H19N3O4. The second kappa shape index (κ2) is 8.79. The van der Waals surface area contributed by atoms with Gasteiger partial charge in [-0.2, -0.15) is 0 Å². The predicted molar refractivity (Wildman–Crippen MR) is 109 cm³/mol. The highest BCUT2D eigenvalue weighted by Crippen LogP contribution is 2.15. The van der Waals surface area contributed by atoms with Crippen LogP contribution in [0.3, 0.4) is 0 Å². The van der Waals surface area contributed by atoms with E-state index >= 15 is 0 Å². The molecule has 1 heterocycles. The van der Waals surface area contributed by atoms with Crippen molar-refractivity contribution in [2.75, 3.05) is 24.4 Å². The molecule has 0 bridgehead atoms. The van der Waals surface area contributed by atoms with Gasteiger partial charge in [0.1, 0.15) is 11.4 Å². The smallest absolute Gasteiger partial charge is 0.337 e. The number of benzene rings is 2. The Morgan fingerprint density at radius 1 is 0.862 bits per heavy atom. The first-order valence-corrected chi connectivity index (χ1v) is 8.79. The molecule has 3 rings (SSSR count). The molecule has 0 aliphatic rings. The fraction of sp³-hybridized carbons (Fsp3) is 0.0909. The van der Waals surface area contributed by atoms with Crippen LogP contribution in [0.2, 0.25) is 0 Å². The van der Waals surface area contributed by atoms with Crippen molar-refractivity contribution in [3.05, 3.63) is 89.7 Å². The minimum Gasteiger partial charge on any atom is -0.465 e. The van der Waals surface area contributed by atoms with Crippen LogP contribution in [0.25, 0.3) is 0 Å². The lowest BCUT2D eigenvalue weighted by Gasteiger charge is -2.17. The molecular weight excluding hydrogens is 370 g/mol. The number of rotatable bonds is 5. The van der Waals surface area contributed by atoms with Gasteiger partial charge in [-0.1, -0.05) is 24.3 Å². The number of esters is 1. The van der Waals surface area contributed by atoms with Gasteiger partial charge in [0, 0.05) is 18.4 Å². The normalized spacial score (nSPS) is 10.1. The average Bonchev–Trinajstić information content (AvgIpc) is 2.78. The van der Waals surface area contributed by atoms with Crippen LogP contribution in [0, 0.1) is 0 Å². The summed E-state index contributed by atoms with van der Waals surface area (Å²) in [5.41, 5.74) is 1.85. The van der Waals surface area contributed by atoms with Crippen LogP contribution in [0.4, 0.5) is 11.4 Å². The standard InChI is InChI=1S/C22H19N3O4/c1-25(17-7-4-3-5-8-17)21(27)19-10-6-9-18(24-19)20(26)23-16-13-11-15(12-14-16)22(28)29-2/h3-14H,1-2H3,(H,23,26). The quantitative estimate of drug-likeness (QED) is 0.676. The summed E-state index contributed by atoms with van der Waals surface area (Å²) < 4.78 is 4.64. The van der Waals surface area contributed by atoms with E-state index in [1.807, 2.05) is 30.3 Å². The summed E-state index contributed by atoms with van der Waals surface area (Å²) in [6, 6.07) is 20.1. The van der Waals surface area contributed by atoms with Crippen LogP contribution in [0.5, 0.6) is 0 Å². The molecule has 3 aromatic rings. The van der Waals surface area contributed by atoms with Crippen LogP contribution in [0.15, 0.2) is 72.8 Å². The van der Waals surface area contributed by atoms with E-state index in [9.17, 15) is 14.4 Å². The molecule has 1 aromatic heterocycles. The third kappa shape index (κ3) is 4.65. The van der Waals surface area contributed by atoms with Crippen molar-refractivity contribution in [1.82, 2.24) is 4.98 Å². The van der Waals surface area contributed by atoms with Crippen LogP contribution < -0.4 is 10.2 Å². The SMILES string of the molecule is COC(=O)c1ccc(NC(=O)c2cccc(C(=O)N(C)c3ccccc3)n2)cc1. The summed E-state index contributed by atoms with van der Waals surface area (Å²) in [6.07, 6.45) is 0. The molecule has 0 saturated heterocycles. The Bertz CT molecular complexity index is 1030. The fourth-order valence-corrected chi connectivity index (χ4v) is 2.62. The summed E-state index contributed by atoms with van der Waals surface area (Å²) in [6.45, 7) is 0. The van der Waals surface area contributed by atoms with Crippen molar-refractivity contribution < 1.29 is 19.1 Å². The van der Waals surface area contributed by atoms with Gasteiger partial charge in [0.25, 0.3) is 11.8 Å². The molecule has 0 radical (unpaired) electrons. The zero-order chi connectivity index (χ0) is 20.8. The highest BCUT2D eigenvalue weighted by Gasteiger charge is 2.17. The van der Waals surface area contributed by atoms with E-state index in [2.05, 4.69) is 15.0 Å². The van der Waals surface area contributed by atoms with Crippen molar-refractivity contribution >= 4 is 29.2 Å². The molecule has 0 atom stereocenters. The van der Waals surface area contributed by atoms with Gasteiger partial charge in [-0.05, 0) is 48.5 Å². The van der Waals surface area contributed by atoms with Gasteiger partial charge >= 0.3 is 5.97 Å². The Morgan fingerprint density at radius 3 is 2.17 bits per heavy atom. The molecule has 0 saturated carbocycles. The maximum absolute atomic E-state index is 12.7. The van der Waals surface area contributed by atoms with Crippen molar-refractivity contribution in [2.45, 2.75) is 0 Å². The van der Waals surface area contributed by atoms with E-state index in [-0.39, 0.29) is 17.3 Å². The second-order valence-corrected chi connectivity index (χ2v) is 6.13. The largest absolute Gasteiger partial charge is 0.465 e. The maximum atomic E-state index is 12.7. The number of carbonyl (C=O) groups excluding carboxylic acids is 3. The van der Waals surface area contributed by atoms with E-state index in [1.54, 1.807) is 43.4 Å². The molecule has 7 heteroatoms. The van der Waals surface area contributed by atoms with E-state index in [0.29, 0.717) is 11.3 Å². The van der Waals surface area contributed by atoms with Gasteiger partial charge in [0.2, 0.25) is 0 Å². The van der Waals surface area contributed by atoms with Crippen LogP contribution in [-0.4, -0.2) is 36.9 Å². The van der Waals surface area contributed by atoms with Crippen molar-refractivity contribution in [3.8, 4) is 0 Å². The Kier molecular flexibility index (Phi) is 5.99. The minimum absolute atomic E-state index is 0.106. The number of hydrogen-bond donors (Lipinski definition) is 1. The Morgan fingerprint density at radius 2 is 1.52 bits per heavy atom. The molecule has 2 aromatic carbocycles. The van der Waals surface area contributed by atoms with Crippen LogP contribution in [0.1, 0.15) is 31.3 Å². The highest BCUT2D eigenvalue weighted by molar-refractivity contribution is 6.07. The molecule has 0 aliphatic heterocycles. The average molecular weight is 389 g/mol. The zero-order valence-electron chi connectivity index (χ0n) is 16.0. The summed E-state index contributed by atoms with van der Waals surface area (Å²) in [7, 11) is 2.95. The van der Waals surface area contributed by atoms with Crippen LogP contribution >= 0.6 is 0 Å². The molecule has 0 unspecified atom stereocenters. The number of amides is 2. The maximum Gasteiger partial charge on any atom is 0.337 e. The lowest BCUT2D eigenvalue weighted by Crippen LogP contribution is -2.27. The topological polar surface area (TPSA) is 88.6 Å². The number of ether oxygens (including phenoxy) is 1. The number of anilines is 2. The third-order valence-electron chi connectivity index (χ3n) is 4.21. The molecule has 7 nitrogen and oxygen atoms in total. The van der Waals surface area contributed by atoms with Gasteiger partial charge in [0.05, 0.1) is 12.7 Å². The first-order chi connectivity index (χ1) is 14.0. The number of hydrogen-bond acceptors (Lipinski definition) is 5. The number of methoxy groups -OCH3 is 1. The molecule has 0 spiro atoms. The highest BCUT2D eigenvalue weighted by atomic mass is 16.5.